The monoisotopic (exact) mass is 322 g/mol. The van der Waals surface area contributed by atoms with Gasteiger partial charge in [0, 0.05) is 44.1 Å². The lowest BCUT2D eigenvalue weighted by molar-refractivity contribution is -0.130. The maximum atomic E-state index is 12.3. The van der Waals surface area contributed by atoms with E-state index in [9.17, 15) is 9.59 Å². The maximum absolute atomic E-state index is 12.3. The van der Waals surface area contributed by atoms with Crippen LogP contribution in [0, 0.1) is 0 Å². The predicted octanol–water partition coefficient (Wildman–Crippen LogP) is 1.91. The fraction of sp³-hybridized carbons (Fsp3) is 0.222. The number of carbonyl (C=O) groups excluding carboxylic acids is 1. The van der Waals surface area contributed by atoms with Crippen molar-refractivity contribution in [2.75, 3.05) is 7.05 Å². The highest BCUT2D eigenvalue weighted by molar-refractivity contribution is 5.83. The maximum Gasteiger partial charge on any atom is 0.264 e. The Labute approximate surface area is 139 Å². The summed E-state index contributed by atoms with van der Waals surface area (Å²) in [5.41, 5.74) is 2.45. The number of aryl methyl sites for hydroxylation is 1. The summed E-state index contributed by atoms with van der Waals surface area (Å²) in [5.74, 6) is 0.0314. The molecule has 0 aliphatic rings. The fourth-order valence-electron chi connectivity index (χ4n) is 2.59. The van der Waals surface area contributed by atoms with Crippen LogP contribution in [0.4, 0.5) is 0 Å². The fourth-order valence-corrected chi connectivity index (χ4v) is 2.59. The second-order valence-electron chi connectivity index (χ2n) is 5.65. The molecule has 0 atom stereocenters. The number of nitrogens with one attached hydrogen (secondary N) is 1. The molecule has 0 aliphatic heterocycles. The molecule has 0 fully saturated rings. The molecule has 1 amide bonds. The molecule has 3 aromatic rings. The molecule has 2 heterocycles. The van der Waals surface area contributed by atoms with Gasteiger partial charge in [-0.15, -0.1) is 0 Å². The van der Waals surface area contributed by atoms with Gasteiger partial charge in [-0.1, -0.05) is 18.2 Å². The van der Waals surface area contributed by atoms with Crippen molar-refractivity contribution in [3.63, 3.8) is 0 Å². The summed E-state index contributed by atoms with van der Waals surface area (Å²) >= 11 is 0. The zero-order chi connectivity index (χ0) is 16.9. The minimum atomic E-state index is -0.244. The molecule has 0 aliphatic carbocycles. The summed E-state index contributed by atoms with van der Waals surface area (Å²) in [5, 5.41) is 7.35. The Morgan fingerprint density at radius 3 is 2.83 bits per heavy atom. The average molecular weight is 322 g/mol. The highest BCUT2D eigenvalue weighted by Crippen LogP contribution is 2.18. The van der Waals surface area contributed by atoms with Crippen molar-refractivity contribution >= 4 is 16.8 Å². The third-order valence-electron chi connectivity index (χ3n) is 3.90. The third kappa shape index (κ3) is 3.65. The first-order valence-corrected chi connectivity index (χ1v) is 7.75. The van der Waals surface area contributed by atoms with Crippen LogP contribution in [-0.2, 0) is 17.8 Å². The molecule has 0 saturated carbocycles. The first-order valence-electron chi connectivity index (χ1n) is 7.75. The number of hydrogen-bond donors (Lipinski definition) is 1. The van der Waals surface area contributed by atoms with Crippen molar-refractivity contribution in [3.05, 3.63) is 70.3 Å². The van der Waals surface area contributed by atoms with Crippen LogP contribution in [0.25, 0.3) is 10.9 Å². The van der Waals surface area contributed by atoms with Crippen LogP contribution in [0.5, 0.6) is 0 Å². The molecule has 6 nitrogen and oxygen atoms in total. The van der Waals surface area contributed by atoms with Crippen molar-refractivity contribution in [3.8, 4) is 0 Å². The topological polar surface area (TPSA) is 79.0 Å². The lowest BCUT2D eigenvalue weighted by Crippen LogP contribution is -2.26. The molecule has 1 aromatic carbocycles. The van der Waals surface area contributed by atoms with Crippen LogP contribution >= 0.6 is 0 Å². The first kappa shape index (κ1) is 15.9. The molecule has 122 valence electrons. The number of pyridine rings is 1. The standard InChI is InChI=1S/C18H18N4O2/c1-22(18(24)10-8-14-7-9-17(23)21-20-14)12-13-4-2-6-16-15(13)5-3-11-19-16/h2-7,9,11H,8,10,12H2,1H3,(H,21,23). The van der Waals surface area contributed by atoms with Crippen LogP contribution in [0.2, 0.25) is 0 Å². The number of amides is 1. The molecule has 0 radical (unpaired) electrons. The molecule has 2 aromatic heterocycles. The van der Waals surface area contributed by atoms with Gasteiger partial charge in [0.15, 0.2) is 0 Å². The Bertz CT molecular complexity index is 894. The van der Waals surface area contributed by atoms with Crippen molar-refractivity contribution in [2.45, 2.75) is 19.4 Å². The van der Waals surface area contributed by atoms with Gasteiger partial charge in [0.05, 0.1) is 11.2 Å². The minimum absolute atomic E-state index is 0.0314. The number of H-pyrrole nitrogens is 1. The summed E-state index contributed by atoms with van der Waals surface area (Å²) in [6.45, 7) is 0.529. The number of aromatic amines is 1. The summed E-state index contributed by atoms with van der Waals surface area (Å²) in [6.07, 6.45) is 2.60. The van der Waals surface area contributed by atoms with Crippen LogP contribution < -0.4 is 5.56 Å². The molecule has 0 spiro atoms. The van der Waals surface area contributed by atoms with E-state index in [-0.39, 0.29) is 11.5 Å². The third-order valence-corrected chi connectivity index (χ3v) is 3.90. The number of nitrogens with zero attached hydrogens (tertiary/aromatic N) is 3. The van der Waals surface area contributed by atoms with Gasteiger partial charge in [-0.25, -0.2) is 5.10 Å². The van der Waals surface area contributed by atoms with Gasteiger partial charge in [0.2, 0.25) is 5.91 Å². The minimum Gasteiger partial charge on any atom is -0.341 e. The SMILES string of the molecule is CN(Cc1cccc2ncccc12)C(=O)CCc1ccc(=O)[nH]n1. The molecule has 6 heteroatoms. The highest BCUT2D eigenvalue weighted by Gasteiger charge is 2.11. The van der Waals surface area contributed by atoms with E-state index in [0.717, 1.165) is 16.5 Å². The first-order chi connectivity index (χ1) is 11.6. The van der Waals surface area contributed by atoms with Gasteiger partial charge >= 0.3 is 0 Å². The van der Waals surface area contributed by atoms with Crippen molar-refractivity contribution in [1.29, 1.82) is 0 Å². The zero-order valence-electron chi connectivity index (χ0n) is 13.4. The van der Waals surface area contributed by atoms with Gasteiger partial charge in [-0.2, -0.15) is 5.10 Å². The van der Waals surface area contributed by atoms with E-state index < -0.39 is 0 Å². The number of benzene rings is 1. The van der Waals surface area contributed by atoms with Crippen LogP contribution in [0.3, 0.4) is 0 Å². The number of hydrogen-bond acceptors (Lipinski definition) is 4. The van der Waals surface area contributed by atoms with E-state index in [2.05, 4.69) is 15.2 Å². The molecule has 0 unspecified atom stereocenters. The van der Waals surface area contributed by atoms with Gasteiger partial charge in [0.25, 0.3) is 5.56 Å². The Hall–Kier alpha value is -3.02. The van der Waals surface area contributed by atoms with E-state index >= 15 is 0 Å². The van der Waals surface area contributed by atoms with Gasteiger partial charge in [-0.3, -0.25) is 14.6 Å². The predicted molar refractivity (Wildman–Crippen MR) is 91.4 cm³/mol. The zero-order valence-corrected chi connectivity index (χ0v) is 13.4. The van der Waals surface area contributed by atoms with E-state index in [1.54, 1.807) is 24.2 Å². The Morgan fingerprint density at radius 1 is 1.17 bits per heavy atom. The van der Waals surface area contributed by atoms with Crippen molar-refractivity contribution in [2.24, 2.45) is 0 Å². The van der Waals surface area contributed by atoms with E-state index in [0.29, 0.717) is 25.1 Å². The lowest BCUT2D eigenvalue weighted by Gasteiger charge is -2.18. The number of carbonyl (C=O) groups is 1. The second kappa shape index (κ2) is 7.04. The molecule has 3 rings (SSSR count). The van der Waals surface area contributed by atoms with E-state index in [1.165, 1.54) is 6.07 Å². The van der Waals surface area contributed by atoms with E-state index in [1.807, 2.05) is 30.3 Å². The summed E-state index contributed by atoms with van der Waals surface area (Å²) in [6, 6.07) is 12.9. The van der Waals surface area contributed by atoms with Crippen LogP contribution in [0.1, 0.15) is 17.7 Å². The summed E-state index contributed by atoms with van der Waals surface area (Å²) < 4.78 is 0. The normalized spacial score (nSPS) is 10.7. The van der Waals surface area contributed by atoms with Gasteiger partial charge in [0.1, 0.15) is 0 Å². The quantitative estimate of drug-likeness (QED) is 0.778. The van der Waals surface area contributed by atoms with Crippen LogP contribution in [-0.4, -0.2) is 33.0 Å². The Balaban J connectivity index is 1.65. The largest absolute Gasteiger partial charge is 0.341 e. The lowest BCUT2D eigenvalue weighted by atomic mass is 10.1. The molecule has 1 N–H and O–H groups in total. The molecular formula is C18H18N4O2. The molecule has 24 heavy (non-hydrogen) atoms. The Kier molecular flexibility index (Phi) is 4.65. The van der Waals surface area contributed by atoms with Gasteiger partial charge in [-0.05, 0) is 23.8 Å². The summed E-state index contributed by atoms with van der Waals surface area (Å²) in [4.78, 5) is 29.4. The highest BCUT2D eigenvalue weighted by atomic mass is 16.2. The van der Waals surface area contributed by atoms with E-state index in [4.69, 9.17) is 0 Å². The number of aromatic nitrogens is 3. The summed E-state index contributed by atoms with van der Waals surface area (Å²) in [7, 11) is 1.79. The van der Waals surface area contributed by atoms with Crippen molar-refractivity contribution < 1.29 is 4.79 Å². The smallest absolute Gasteiger partial charge is 0.264 e. The Morgan fingerprint density at radius 2 is 2.04 bits per heavy atom. The second-order valence-corrected chi connectivity index (χ2v) is 5.65. The van der Waals surface area contributed by atoms with Crippen LogP contribution in [0.15, 0.2) is 53.5 Å². The number of fused-ring (bicyclic) bond motifs is 1. The number of rotatable bonds is 5. The molecule has 0 saturated heterocycles. The molecule has 0 bridgehead atoms. The van der Waals surface area contributed by atoms with Crippen molar-refractivity contribution in [1.82, 2.24) is 20.1 Å². The average Bonchev–Trinajstić information content (AvgIpc) is 2.61. The van der Waals surface area contributed by atoms with Gasteiger partial charge < -0.3 is 4.90 Å². The molecular weight excluding hydrogens is 304 g/mol.